The van der Waals surface area contributed by atoms with Gasteiger partial charge in [0.1, 0.15) is 0 Å². The number of benzene rings is 1. The van der Waals surface area contributed by atoms with E-state index in [4.69, 9.17) is 27.9 Å². The van der Waals surface area contributed by atoms with Crippen molar-refractivity contribution in [2.24, 2.45) is 0 Å². The van der Waals surface area contributed by atoms with Crippen LogP contribution in [-0.2, 0) is 0 Å². The molecule has 1 aromatic carbocycles. The Morgan fingerprint density at radius 2 is 2.05 bits per heavy atom. The number of hydrogen-bond donors (Lipinski definition) is 0. The highest BCUT2D eigenvalue weighted by Crippen LogP contribution is 2.28. The van der Waals surface area contributed by atoms with Crippen molar-refractivity contribution >= 4 is 29.0 Å². The molecule has 2 aromatic rings. The number of methoxy groups -OCH3 is 1. The second kappa shape index (κ2) is 5.85. The zero-order valence-electron chi connectivity index (χ0n) is 11.4. The molecule has 0 bridgehead atoms. The molecule has 2 rings (SSSR count). The van der Waals surface area contributed by atoms with Crippen molar-refractivity contribution < 1.29 is 9.53 Å². The first-order valence-corrected chi connectivity index (χ1v) is 6.82. The second-order valence-corrected chi connectivity index (χ2v) is 5.40. The van der Waals surface area contributed by atoms with Crippen LogP contribution in [0.4, 0.5) is 0 Å². The number of carbonyl (C=O) groups excluding carboxylic acids is 1. The van der Waals surface area contributed by atoms with Gasteiger partial charge in [-0.2, -0.15) is 5.10 Å². The Morgan fingerprint density at radius 3 is 2.60 bits per heavy atom. The molecule has 0 aliphatic carbocycles. The Morgan fingerprint density at radius 1 is 1.35 bits per heavy atom. The normalized spacial score (nSPS) is 10.9. The lowest BCUT2D eigenvalue weighted by molar-refractivity contribution is 0.102. The summed E-state index contributed by atoms with van der Waals surface area (Å²) in [6, 6.07) is 4.80. The van der Waals surface area contributed by atoms with Gasteiger partial charge in [0, 0.05) is 16.6 Å². The van der Waals surface area contributed by atoms with E-state index in [0.717, 1.165) is 0 Å². The van der Waals surface area contributed by atoms with Gasteiger partial charge in [-0.15, -0.1) is 0 Å². The van der Waals surface area contributed by atoms with Gasteiger partial charge in [0.2, 0.25) is 5.78 Å². The number of ether oxygens (including phenoxy) is 1. The predicted octanol–water partition coefficient (Wildman–Crippen LogP) is 4.01. The summed E-state index contributed by atoms with van der Waals surface area (Å²) in [5, 5.41) is 4.97. The highest BCUT2D eigenvalue weighted by molar-refractivity contribution is 6.37. The van der Waals surface area contributed by atoms with E-state index in [0.29, 0.717) is 27.1 Å². The van der Waals surface area contributed by atoms with Crippen molar-refractivity contribution in [2.75, 3.05) is 7.11 Å². The monoisotopic (exact) mass is 312 g/mol. The van der Waals surface area contributed by atoms with Gasteiger partial charge in [-0.1, -0.05) is 23.2 Å². The van der Waals surface area contributed by atoms with Crippen LogP contribution in [-0.4, -0.2) is 22.7 Å². The average Bonchev–Trinajstić information content (AvgIpc) is 2.81. The van der Waals surface area contributed by atoms with Gasteiger partial charge in [0.05, 0.1) is 18.3 Å². The zero-order chi connectivity index (χ0) is 14.9. The van der Waals surface area contributed by atoms with E-state index in [2.05, 4.69) is 5.10 Å². The van der Waals surface area contributed by atoms with Crippen LogP contribution in [0, 0.1) is 0 Å². The highest BCUT2D eigenvalue weighted by Gasteiger charge is 2.24. The Balaban J connectivity index is 2.55. The van der Waals surface area contributed by atoms with Crippen LogP contribution < -0.4 is 4.74 Å². The summed E-state index contributed by atoms with van der Waals surface area (Å²) in [5.41, 5.74) is 0.753. The topological polar surface area (TPSA) is 44.1 Å². The second-order valence-electron chi connectivity index (χ2n) is 4.55. The molecule has 0 N–H and O–H groups in total. The molecular formula is C14H14Cl2N2O2. The van der Waals surface area contributed by atoms with Crippen LogP contribution in [0.25, 0.3) is 0 Å². The van der Waals surface area contributed by atoms with E-state index in [1.165, 1.54) is 13.3 Å². The van der Waals surface area contributed by atoms with Crippen LogP contribution in [0.5, 0.6) is 5.75 Å². The first kappa shape index (κ1) is 14.9. The van der Waals surface area contributed by atoms with Gasteiger partial charge in [-0.3, -0.25) is 9.48 Å². The van der Waals surface area contributed by atoms with E-state index in [9.17, 15) is 4.79 Å². The van der Waals surface area contributed by atoms with Crippen molar-refractivity contribution in [2.45, 2.75) is 19.9 Å². The van der Waals surface area contributed by atoms with E-state index in [1.807, 2.05) is 13.8 Å². The Labute approximate surface area is 127 Å². The molecule has 1 heterocycles. The minimum atomic E-state index is -0.241. The standard InChI is InChI=1S/C14H14Cl2N2O2/c1-8(2)18-13(12(20-3)7-17-18)14(19)10-5-4-9(15)6-11(10)16/h4-8H,1-3H3. The summed E-state index contributed by atoms with van der Waals surface area (Å²) in [6.45, 7) is 3.87. The third kappa shape index (κ3) is 2.67. The minimum absolute atomic E-state index is 0.0314. The van der Waals surface area contributed by atoms with E-state index < -0.39 is 0 Å². The Kier molecular flexibility index (Phi) is 4.35. The lowest BCUT2D eigenvalue weighted by atomic mass is 10.1. The number of rotatable bonds is 4. The average molecular weight is 313 g/mol. The summed E-state index contributed by atoms with van der Waals surface area (Å²) in [5.74, 6) is 0.185. The molecule has 0 spiro atoms. The van der Waals surface area contributed by atoms with Crippen molar-refractivity contribution in [3.63, 3.8) is 0 Å². The van der Waals surface area contributed by atoms with E-state index in [-0.39, 0.29) is 11.8 Å². The quantitative estimate of drug-likeness (QED) is 0.801. The summed E-state index contributed by atoms with van der Waals surface area (Å²) >= 11 is 11.9. The highest BCUT2D eigenvalue weighted by atomic mass is 35.5. The molecule has 1 aromatic heterocycles. The van der Waals surface area contributed by atoms with E-state index in [1.54, 1.807) is 22.9 Å². The molecule has 0 saturated carbocycles. The fraction of sp³-hybridized carbons (Fsp3) is 0.286. The first-order valence-electron chi connectivity index (χ1n) is 6.07. The molecule has 106 valence electrons. The number of aromatic nitrogens is 2. The maximum Gasteiger partial charge on any atom is 0.216 e. The molecule has 0 fully saturated rings. The molecule has 0 saturated heterocycles. The molecule has 20 heavy (non-hydrogen) atoms. The zero-order valence-corrected chi connectivity index (χ0v) is 12.9. The third-order valence-electron chi connectivity index (χ3n) is 2.86. The maximum atomic E-state index is 12.7. The van der Waals surface area contributed by atoms with Gasteiger partial charge >= 0.3 is 0 Å². The molecule has 0 unspecified atom stereocenters. The SMILES string of the molecule is COc1cnn(C(C)C)c1C(=O)c1ccc(Cl)cc1Cl. The van der Waals surface area contributed by atoms with Crippen LogP contribution in [0.15, 0.2) is 24.4 Å². The molecule has 6 heteroatoms. The van der Waals surface area contributed by atoms with Crippen LogP contribution in [0.1, 0.15) is 35.9 Å². The molecule has 4 nitrogen and oxygen atoms in total. The van der Waals surface area contributed by atoms with Gasteiger partial charge in [-0.25, -0.2) is 0 Å². The van der Waals surface area contributed by atoms with Crippen molar-refractivity contribution in [1.82, 2.24) is 9.78 Å². The first-order chi connectivity index (χ1) is 9.45. The fourth-order valence-electron chi connectivity index (χ4n) is 1.90. The molecule has 0 aliphatic rings. The summed E-state index contributed by atoms with van der Waals surface area (Å²) < 4.78 is 6.83. The lowest BCUT2D eigenvalue weighted by Crippen LogP contribution is -2.14. The van der Waals surface area contributed by atoms with E-state index >= 15 is 0 Å². The number of carbonyl (C=O) groups is 1. The minimum Gasteiger partial charge on any atom is -0.493 e. The largest absolute Gasteiger partial charge is 0.493 e. The van der Waals surface area contributed by atoms with Gasteiger partial charge in [0.15, 0.2) is 11.4 Å². The summed E-state index contributed by atoms with van der Waals surface area (Å²) in [7, 11) is 1.50. The van der Waals surface area contributed by atoms with Gasteiger partial charge in [-0.05, 0) is 32.0 Å². The summed E-state index contributed by atoms with van der Waals surface area (Å²) in [4.78, 5) is 12.7. The molecule has 0 aliphatic heterocycles. The summed E-state index contributed by atoms with van der Waals surface area (Å²) in [6.07, 6.45) is 1.52. The van der Waals surface area contributed by atoms with Crippen molar-refractivity contribution in [3.8, 4) is 5.75 Å². The number of hydrogen-bond acceptors (Lipinski definition) is 3. The van der Waals surface area contributed by atoms with Crippen LogP contribution in [0.3, 0.4) is 0 Å². The van der Waals surface area contributed by atoms with Gasteiger partial charge in [0.25, 0.3) is 0 Å². The third-order valence-corrected chi connectivity index (χ3v) is 3.41. The number of nitrogens with zero attached hydrogens (tertiary/aromatic N) is 2. The molecule has 0 radical (unpaired) electrons. The number of halogens is 2. The molecule has 0 amide bonds. The number of ketones is 1. The smallest absolute Gasteiger partial charge is 0.216 e. The van der Waals surface area contributed by atoms with Crippen LogP contribution >= 0.6 is 23.2 Å². The lowest BCUT2D eigenvalue weighted by Gasteiger charge is -2.12. The van der Waals surface area contributed by atoms with Crippen molar-refractivity contribution in [1.29, 1.82) is 0 Å². The van der Waals surface area contributed by atoms with Gasteiger partial charge < -0.3 is 4.74 Å². The Bertz CT molecular complexity index is 651. The molecular weight excluding hydrogens is 299 g/mol. The molecule has 0 atom stereocenters. The Hall–Kier alpha value is -1.52. The fourth-order valence-corrected chi connectivity index (χ4v) is 2.40. The van der Waals surface area contributed by atoms with Crippen molar-refractivity contribution in [3.05, 3.63) is 45.7 Å². The van der Waals surface area contributed by atoms with Crippen LogP contribution in [0.2, 0.25) is 10.0 Å². The predicted molar refractivity (Wildman–Crippen MR) is 79.1 cm³/mol. The maximum absolute atomic E-state index is 12.7.